The van der Waals surface area contributed by atoms with E-state index in [0.717, 1.165) is 28.4 Å². The second-order valence-corrected chi connectivity index (χ2v) is 6.66. The summed E-state index contributed by atoms with van der Waals surface area (Å²) in [6, 6.07) is 4.29. The molecule has 0 bridgehead atoms. The van der Waals surface area contributed by atoms with Crippen LogP contribution < -0.4 is 0 Å². The van der Waals surface area contributed by atoms with Crippen LogP contribution in [0.15, 0.2) is 17.3 Å². The van der Waals surface area contributed by atoms with Crippen molar-refractivity contribution in [3.63, 3.8) is 0 Å². The van der Waals surface area contributed by atoms with Crippen molar-refractivity contribution in [2.45, 2.75) is 44.3 Å². The summed E-state index contributed by atoms with van der Waals surface area (Å²) in [5.74, 6) is -0.209. The zero-order valence-corrected chi connectivity index (χ0v) is 13.1. The number of thioether (sulfide) groups is 1. The second kappa shape index (κ2) is 5.67. The third kappa shape index (κ3) is 2.77. The molecule has 0 aromatic carbocycles. The van der Waals surface area contributed by atoms with Gasteiger partial charge in [0.05, 0.1) is 5.75 Å². The standard InChI is InChI=1S/C15H19N3O2S/c1-9-4-3-5-12(9)18-14-11(7-6-10(2)16-14)17-15(18)21-8-13(19)20/h6-7,9,12H,3-5,8H2,1-2H3,(H,19,20). The highest BCUT2D eigenvalue weighted by Crippen LogP contribution is 2.39. The van der Waals surface area contributed by atoms with Crippen molar-refractivity contribution >= 4 is 28.9 Å². The van der Waals surface area contributed by atoms with Gasteiger partial charge in [-0.25, -0.2) is 9.97 Å². The molecule has 1 N–H and O–H groups in total. The molecule has 0 amide bonds. The van der Waals surface area contributed by atoms with Crippen molar-refractivity contribution in [1.82, 2.24) is 14.5 Å². The molecule has 112 valence electrons. The number of aryl methyl sites for hydroxylation is 1. The molecule has 6 heteroatoms. The van der Waals surface area contributed by atoms with Crippen LogP contribution in [0.1, 0.15) is 37.9 Å². The van der Waals surface area contributed by atoms with E-state index in [9.17, 15) is 4.79 Å². The second-order valence-electron chi connectivity index (χ2n) is 5.72. The van der Waals surface area contributed by atoms with Crippen LogP contribution in [-0.4, -0.2) is 31.4 Å². The zero-order chi connectivity index (χ0) is 15.0. The van der Waals surface area contributed by atoms with Crippen molar-refractivity contribution in [2.75, 3.05) is 5.75 Å². The van der Waals surface area contributed by atoms with Gasteiger partial charge in [-0.1, -0.05) is 25.1 Å². The molecule has 21 heavy (non-hydrogen) atoms. The lowest BCUT2D eigenvalue weighted by Crippen LogP contribution is -2.14. The smallest absolute Gasteiger partial charge is 0.313 e. The first-order valence-electron chi connectivity index (χ1n) is 7.26. The first kappa shape index (κ1) is 14.4. The molecule has 2 heterocycles. The molecule has 0 saturated heterocycles. The first-order valence-corrected chi connectivity index (χ1v) is 8.25. The number of hydrogen-bond acceptors (Lipinski definition) is 4. The predicted molar refractivity (Wildman–Crippen MR) is 82.7 cm³/mol. The Morgan fingerprint density at radius 1 is 1.43 bits per heavy atom. The van der Waals surface area contributed by atoms with Gasteiger partial charge < -0.3 is 9.67 Å². The molecule has 1 saturated carbocycles. The molecule has 2 aromatic heterocycles. The highest BCUT2D eigenvalue weighted by Gasteiger charge is 2.29. The molecule has 0 aliphatic heterocycles. The van der Waals surface area contributed by atoms with Gasteiger partial charge in [0.1, 0.15) is 5.52 Å². The summed E-state index contributed by atoms with van der Waals surface area (Å²) in [6.45, 7) is 4.23. The quantitative estimate of drug-likeness (QED) is 0.878. The Balaban J connectivity index is 2.09. The topological polar surface area (TPSA) is 68.0 Å². The third-order valence-electron chi connectivity index (χ3n) is 4.12. The average Bonchev–Trinajstić information content (AvgIpc) is 2.99. The Morgan fingerprint density at radius 3 is 2.90 bits per heavy atom. The summed E-state index contributed by atoms with van der Waals surface area (Å²) in [4.78, 5) is 20.1. The Bertz CT molecular complexity index is 683. The van der Waals surface area contributed by atoms with E-state index in [0.29, 0.717) is 12.0 Å². The fraction of sp³-hybridized carbons (Fsp3) is 0.533. The Hall–Kier alpha value is -1.56. The maximum absolute atomic E-state index is 10.9. The van der Waals surface area contributed by atoms with E-state index in [1.807, 2.05) is 19.1 Å². The number of carbonyl (C=O) groups is 1. The van der Waals surface area contributed by atoms with Crippen LogP contribution >= 0.6 is 11.8 Å². The molecule has 3 rings (SSSR count). The first-order chi connectivity index (χ1) is 10.1. The van der Waals surface area contributed by atoms with E-state index < -0.39 is 5.97 Å². The Morgan fingerprint density at radius 2 is 2.24 bits per heavy atom. The van der Waals surface area contributed by atoms with E-state index in [-0.39, 0.29) is 5.75 Å². The van der Waals surface area contributed by atoms with Crippen LogP contribution in [0.3, 0.4) is 0 Å². The lowest BCUT2D eigenvalue weighted by Gasteiger charge is -2.20. The normalized spacial score (nSPS) is 22.0. The summed E-state index contributed by atoms with van der Waals surface area (Å²) in [6.07, 6.45) is 3.53. The SMILES string of the molecule is Cc1ccc2nc(SCC(=O)O)n(C3CCCC3C)c2n1. The third-order valence-corrected chi connectivity index (χ3v) is 5.05. The summed E-state index contributed by atoms with van der Waals surface area (Å²) < 4.78 is 2.17. The highest BCUT2D eigenvalue weighted by atomic mass is 32.2. The van der Waals surface area contributed by atoms with E-state index in [1.165, 1.54) is 24.6 Å². The van der Waals surface area contributed by atoms with Crippen molar-refractivity contribution in [1.29, 1.82) is 0 Å². The molecular formula is C15H19N3O2S. The lowest BCUT2D eigenvalue weighted by molar-refractivity contribution is -0.133. The van der Waals surface area contributed by atoms with Crippen molar-refractivity contribution in [3.05, 3.63) is 17.8 Å². The summed E-state index contributed by atoms with van der Waals surface area (Å²) in [5.41, 5.74) is 2.71. The number of carboxylic acids is 1. The molecular weight excluding hydrogens is 286 g/mol. The van der Waals surface area contributed by atoms with Gasteiger partial charge in [-0.05, 0) is 37.8 Å². The minimum Gasteiger partial charge on any atom is -0.481 e. The molecule has 1 fully saturated rings. The van der Waals surface area contributed by atoms with Crippen molar-refractivity contribution < 1.29 is 9.90 Å². The van der Waals surface area contributed by atoms with Crippen LogP contribution in [0.4, 0.5) is 0 Å². The average molecular weight is 305 g/mol. The van der Waals surface area contributed by atoms with Crippen LogP contribution in [0.2, 0.25) is 0 Å². The van der Waals surface area contributed by atoms with Gasteiger partial charge in [0.2, 0.25) is 0 Å². The number of hydrogen-bond donors (Lipinski definition) is 1. The molecule has 2 aromatic rings. The van der Waals surface area contributed by atoms with Gasteiger partial charge in [-0.3, -0.25) is 4.79 Å². The Kier molecular flexibility index (Phi) is 3.89. The molecule has 0 spiro atoms. The molecule has 2 unspecified atom stereocenters. The molecule has 1 aliphatic carbocycles. The van der Waals surface area contributed by atoms with Gasteiger partial charge in [0, 0.05) is 11.7 Å². The van der Waals surface area contributed by atoms with Gasteiger partial charge in [-0.15, -0.1) is 0 Å². The number of aliphatic carboxylic acids is 1. The van der Waals surface area contributed by atoms with Gasteiger partial charge in [0.25, 0.3) is 0 Å². The minimum absolute atomic E-state index is 0.0312. The predicted octanol–water partition coefficient (Wildman–Crippen LogP) is 3.28. The number of pyridine rings is 1. The number of rotatable bonds is 4. The van der Waals surface area contributed by atoms with Crippen LogP contribution in [0, 0.1) is 12.8 Å². The zero-order valence-electron chi connectivity index (χ0n) is 12.2. The van der Waals surface area contributed by atoms with E-state index >= 15 is 0 Å². The van der Waals surface area contributed by atoms with Crippen LogP contribution in [0.5, 0.6) is 0 Å². The fourth-order valence-electron chi connectivity index (χ4n) is 3.08. The van der Waals surface area contributed by atoms with E-state index in [2.05, 4.69) is 21.5 Å². The highest BCUT2D eigenvalue weighted by molar-refractivity contribution is 7.99. The number of fused-ring (bicyclic) bond motifs is 1. The van der Waals surface area contributed by atoms with E-state index in [1.54, 1.807) is 0 Å². The summed E-state index contributed by atoms with van der Waals surface area (Å²) in [5, 5.41) is 9.71. The van der Waals surface area contributed by atoms with Gasteiger partial charge in [-0.2, -0.15) is 0 Å². The maximum atomic E-state index is 10.9. The number of imidazole rings is 1. The summed E-state index contributed by atoms with van der Waals surface area (Å²) >= 11 is 1.29. The number of nitrogens with zero attached hydrogens (tertiary/aromatic N) is 3. The van der Waals surface area contributed by atoms with Crippen LogP contribution in [-0.2, 0) is 4.79 Å². The van der Waals surface area contributed by atoms with Crippen molar-refractivity contribution in [3.8, 4) is 0 Å². The molecule has 1 aliphatic rings. The number of carboxylic acid groups (broad SMARTS) is 1. The van der Waals surface area contributed by atoms with E-state index in [4.69, 9.17) is 5.11 Å². The molecule has 5 nitrogen and oxygen atoms in total. The van der Waals surface area contributed by atoms with Crippen LogP contribution in [0.25, 0.3) is 11.2 Å². The lowest BCUT2D eigenvalue weighted by atomic mass is 10.1. The fourth-order valence-corrected chi connectivity index (χ4v) is 3.86. The Labute approximate surface area is 127 Å². The monoisotopic (exact) mass is 305 g/mol. The molecule has 0 radical (unpaired) electrons. The molecule has 2 atom stereocenters. The summed E-state index contributed by atoms with van der Waals surface area (Å²) in [7, 11) is 0. The maximum Gasteiger partial charge on any atom is 0.313 e. The number of aromatic nitrogens is 3. The van der Waals surface area contributed by atoms with Crippen molar-refractivity contribution in [2.24, 2.45) is 5.92 Å². The minimum atomic E-state index is -0.817. The largest absolute Gasteiger partial charge is 0.481 e. The van der Waals surface area contributed by atoms with Gasteiger partial charge in [0.15, 0.2) is 10.8 Å². The van der Waals surface area contributed by atoms with Gasteiger partial charge >= 0.3 is 5.97 Å².